The van der Waals surface area contributed by atoms with Crippen LogP contribution in [0, 0.1) is 13.8 Å². The second kappa shape index (κ2) is 8.88. The van der Waals surface area contributed by atoms with Crippen molar-refractivity contribution < 1.29 is 4.79 Å². The Balaban J connectivity index is 1.56. The molecule has 0 fully saturated rings. The van der Waals surface area contributed by atoms with Gasteiger partial charge in [0.1, 0.15) is 0 Å². The fourth-order valence-electron chi connectivity index (χ4n) is 2.12. The van der Waals surface area contributed by atoms with Crippen molar-refractivity contribution in [3.8, 4) is 0 Å². The number of pyridine rings is 1. The lowest BCUT2D eigenvalue weighted by Gasteiger charge is -2.08. The third-order valence-corrected chi connectivity index (χ3v) is 6.11. The van der Waals surface area contributed by atoms with Gasteiger partial charge in [0.05, 0.1) is 15.8 Å². The third-order valence-electron chi connectivity index (χ3n) is 3.65. The summed E-state index contributed by atoms with van der Waals surface area (Å²) in [6, 6.07) is 7.56. The minimum absolute atomic E-state index is 0.165. The van der Waals surface area contributed by atoms with E-state index in [4.69, 9.17) is 23.2 Å². The van der Waals surface area contributed by atoms with E-state index < -0.39 is 0 Å². The number of aromatic nitrogens is 3. The summed E-state index contributed by atoms with van der Waals surface area (Å²) in [4.78, 5) is 16.1. The van der Waals surface area contributed by atoms with Gasteiger partial charge in [0.25, 0.3) is 0 Å². The van der Waals surface area contributed by atoms with Crippen LogP contribution in [-0.2, 0) is 4.79 Å². The maximum Gasteiger partial charge on any atom is 0.236 e. The maximum atomic E-state index is 12.1. The zero-order valence-electron chi connectivity index (χ0n) is 14.4. The van der Waals surface area contributed by atoms with E-state index in [2.05, 4.69) is 45.7 Å². The Kier molecular flexibility index (Phi) is 6.54. The predicted octanol–water partition coefficient (Wildman–Crippen LogP) is 5.33. The predicted molar refractivity (Wildman–Crippen MR) is 113 cm³/mol. The normalized spacial score (nSPS) is 10.7. The SMILES string of the molecule is Cc1cccc(Nc2nnc(SCC(=O)Nc3ncc(Cl)cc3Cl)s2)c1C. The zero-order chi connectivity index (χ0) is 19.4. The monoisotopic (exact) mass is 439 g/mol. The molecule has 1 amide bonds. The van der Waals surface area contributed by atoms with Crippen LogP contribution in [0.25, 0.3) is 0 Å². The van der Waals surface area contributed by atoms with Gasteiger partial charge in [0.15, 0.2) is 10.2 Å². The smallest absolute Gasteiger partial charge is 0.236 e. The first kappa shape index (κ1) is 19.9. The molecule has 0 spiro atoms. The zero-order valence-corrected chi connectivity index (χ0v) is 17.6. The number of halogens is 2. The van der Waals surface area contributed by atoms with Crippen molar-refractivity contribution in [2.75, 3.05) is 16.4 Å². The molecule has 3 rings (SSSR count). The van der Waals surface area contributed by atoms with E-state index >= 15 is 0 Å². The van der Waals surface area contributed by atoms with E-state index in [0.717, 1.165) is 11.3 Å². The van der Waals surface area contributed by atoms with Gasteiger partial charge in [-0.15, -0.1) is 10.2 Å². The molecule has 10 heteroatoms. The van der Waals surface area contributed by atoms with Crippen molar-refractivity contribution in [3.63, 3.8) is 0 Å². The summed E-state index contributed by atoms with van der Waals surface area (Å²) < 4.78 is 0.688. The lowest BCUT2D eigenvalue weighted by Crippen LogP contribution is -2.15. The minimum Gasteiger partial charge on any atom is -0.330 e. The van der Waals surface area contributed by atoms with Gasteiger partial charge < -0.3 is 10.6 Å². The van der Waals surface area contributed by atoms with Crippen molar-refractivity contribution in [2.45, 2.75) is 18.2 Å². The molecule has 1 aromatic carbocycles. The van der Waals surface area contributed by atoms with E-state index in [1.807, 2.05) is 12.1 Å². The molecule has 0 bridgehead atoms. The molecule has 0 unspecified atom stereocenters. The Bertz CT molecular complexity index is 980. The van der Waals surface area contributed by atoms with Gasteiger partial charge in [0.2, 0.25) is 11.0 Å². The van der Waals surface area contributed by atoms with Crippen LogP contribution in [0.15, 0.2) is 34.8 Å². The highest BCUT2D eigenvalue weighted by molar-refractivity contribution is 8.01. The molecule has 3 aromatic rings. The van der Waals surface area contributed by atoms with Crippen molar-refractivity contribution in [1.29, 1.82) is 0 Å². The number of rotatable bonds is 6. The lowest BCUT2D eigenvalue weighted by molar-refractivity contribution is -0.113. The fraction of sp³-hybridized carbons (Fsp3) is 0.176. The third kappa shape index (κ3) is 5.32. The topological polar surface area (TPSA) is 79.8 Å². The van der Waals surface area contributed by atoms with Gasteiger partial charge in [-0.2, -0.15) is 0 Å². The number of aryl methyl sites for hydroxylation is 1. The standard InChI is InChI=1S/C17H15Cl2N5OS2/c1-9-4-3-5-13(10(9)2)21-16-23-24-17(27-16)26-8-14(25)22-15-12(19)6-11(18)7-20-15/h3-7H,8H2,1-2H3,(H,21,23)(H,20,22,25). The van der Waals surface area contributed by atoms with Gasteiger partial charge in [0, 0.05) is 11.9 Å². The van der Waals surface area contributed by atoms with Gasteiger partial charge >= 0.3 is 0 Å². The van der Waals surface area contributed by atoms with Crippen molar-refractivity contribution in [3.05, 3.63) is 51.6 Å². The van der Waals surface area contributed by atoms with E-state index in [9.17, 15) is 4.79 Å². The maximum absolute atomic E-state index is 12.1. The number of nitrogens with one attached hydrogen (secondary N) is 2. The number of hydrogen-bond acceptors (Lipinski definition) is 7. The molecular formula is C17H15Cl2N5OS2. The van der Waals surface area contributed by atoms with Crippen LogP contribution in [0.5, 0.6) is 0 Å². The molecule has 2 heterocycles. The fourth-order valence-corrected chi connectivity index (χ4v) is 4.11. The summed E-state index contributed by atoms with van der Waals surface area (Å²) >= 11 is 14.5. The molecule has 2 N–H and O–H groups in total. The Morgan fingerprint density at radius 2 is 2.07 bits per heavy atom. The van der Waals surface area contributed by atoms with Crippen LogP contribution in [0.2, 0.25) is 10.0 Å². The Hall–Kier alpha value is -1.87. The number of carbonyl (C=O) groups excluding carboxylic acids is 1. The molecule has 140 valence electrons. The molecule has 6 nitrogen and oxygen atoms in total. The Morgan fingerprint density at radius 3 is 2.85 bits per heavy atom. The summed E-state index contributed by atoms with van der Waals surface area (Å²) in [5.41, 5.74) is 3.35. The largest absolute Gasteiger partial charge is 0.330 e. The molecule has 0 saturated heterocycles. The second-order valence-corrected chi connectivity index (χ2v) is 8.61. The first-order valence-corrected chi connectivity index (χ1v) is 10.4. The van der Waals surface area contributed by atoms with E-state index in [1.165, 1.54) is 40.9 Å². The first-order chi connectivity index (χ1) is 12.9. The molecular weight excluding hydrogens is 425 g/mol. The van der Waals surface area contributed by atoms with E-state index in [1.54, 1.807) is 0 Å². The van der Waals surface area contributed by atoms with Crippen LogP contribution < -0.4 is 10.6 Å². The molecule has 0 aliphatic carbocycles. The molecule has 0 aliphatic heterocycles. The van der Waals surface area contributed by atoms with Crippen LogP contribution in [0.1, 0.15) is 11.1 Å². The first-order valence-electron chi connectivity index (χ1n) is 7.83. The number of benzene rings is 1. The van der Waals surface area contributed by atoms with Crippen LogP contribution in [-0.4, -0.2) is 26.8 Å². The van der Waals surface area contributed by atoms with Gasteiger partial charge in [-0.05, 0) is 37.1 Å². The Morgan fingerprint density at radius 1 is 1.26 bits per heavy atom. The minimum atomic E-state index is -0.240. The number of carbonyl (C=O) groups is 1. The quantitative estimate of drug-likeness (QED) is 0.505. The molecule has 0 saturated carbocycles. The molecule has 27 heavy (non-hydrogen) atoms. The summed E-state index contributed by atoms with van der Waals surface area (Å²) in [7, 11) is 0. The Labute approximate surface area is 174 Å². The van der Waals surface area contributed by atoms with Crippen LogP contribution in [0.4, 0.5) is 16.6 Å². The summed E-state index contributed by atoms with van der Waals surface area (Å²) in [6.45, 7) is 4.11. The van der Waals surface area contributed by atoms with Crippen molar-refractivity contribution in [1.82, 2.24) is 15.2 Å². The highest BCUT2D eigenvalue weighted by Gasteiger charge is 2.12. The van der Waals surface area contributed by atoms with E-state index in [0.29, 0.717) is 14.5 Å². The van der Waals surface area contributed by atoms with Crippen molar-refractivity contribution >= 4 is 68.8 Å². The number of thioether (sulfide) groups is 1. The summed E-state index contributed by atoms with van der Waals surface area (Å²) in [6.07, 6.45) is 1.42. The van der Waals surface area contributed by atoms with Gasteiger partial charge in [-0.1, -0.05) is 58.4 Å². The number of nitrogens with zero attached hydrogens (tertiary/aromatic N) is 3. The molecule has 0 atom stereocenters. The highest BCUT2D eigenvalue weighted by atomic mass is 35.5. The van der Waals surface area contributed by atoms with Crippen LogP contribution >= 0.6 is 46.3 Å². The number of hydrogen-bond donors (Lipinski definition) is 2. The van der Waals surface area contributed by atoms with Gasteiger partial charge in [-0.25, -0.2) is 4.98 Å². The average molecular weight is 440 g/mol. The molecule has 0 aliphatic rings. The summed E-state index contributed by atoms with van der Waals surface area (Å²) in [5, 5.41) is 15.5. The average Bonchev–Trinajstić information content (AvgIpc) is 3.07. The number of amides is 1. The van der Waals surface area contributed by atoms with Crippen LogP contribution in [0.3, 0.4) is 0 Å². The van der Waals surface area contributed by atoms with Gasteiger partial charge in [-0.3, -0.25) is 4.79 Å². The number of anilines is 3. The van der Waals surface area contributed by atoms with E-state index in [-0.39, 0.29) is 22.5 Å². The molecule has 2 aromatic heterocycles. The van der Waals surface area contributed by atoms with Crippen molar-refractivity contribution in [2.24, 2.45) is 0 Å². The molecule has 0 radical (unpaired) electrons. The lowest BCUT2D eigenvalue weighted by atomic mass is 10.1. The summed E-state index contributed by atoms with van der Waals surface area (Å²) in [5.74, 6) is 0.204. The highest BCUT2D eigenvalue weighted by Crippen LogP contribution is 2.29. The second-order valence-electron chi connectivity index (χ2n) is 5.57.